The zero-order chi connectivity index (χ0) is 14.9. The van der Waals surface area contributed by atoms with E-state index in [-0.39, 0.29) is 5.41 Å². The van der Waals surface area contributed by atoms with Gasteiger partial charge >= 0.3 is 0 Å². The number of methoxy groups -OCH3 is 1. The summed E-state index contributed by atoms with van der Waals surface area (Å²) in [6, 6.07) is 0.568. The predicted octanol–water partition coefficient (Wildman–Crippen LogP) is 2.29. The lowest BCUT2D eigenvalue weighted by Gasteiger charge is -2.33. The largest absolute Gasteiger partial charge is 0.409 e. The van der Waals surface area contributed by atoms with Gasteiger partial charge in [0.25, 0.3) is 0 Å². The monoisotopic (exact) mass is 273 g/mol. The molecule has 0 aliphatic heterocycles. The van der Waals surface area contributed by atoms with Gasteiger partial charge in [-0.05, 0) is 25.8 Å². The number of nitrogens with two attached hydrogens (primary N) is 1. The van der Waals surface area contributed by atoms with Gasteiger partial charge in [-0.2, -0.15) is 0 Å². The summed E-state index contributed by atoms with van der Waals surface area (Å²) in [7, 11) is 1.73. The van der Waals surface area contributed by atoms with Gasteiger partial charge in [-0.3, -0.25) is 4.90 Å². The van der Waals surface area contributed by atoms with Crippen molar-refractivity contribution in [2.45, 2.75) is 53.0 Å². The SMILES string of the molecule is CCC(CC)N(CCOC)CCC(C)(C)C(N)=NO. The fourth-order valence-electron chi connectivity index (χ4n) is 2.18. The molecular weight excluding hydrogens is 242 g/mol. The summed E-state index contributed by atoms with van der Waals surface area (Å²) in [6.45, 7) is 11.0. The minimum atomic E-state index is -0.286. The van der Waals surface area contributed by atoms with Crippen molar-refractivity contribution < 1.29 is 9.94 Å². The van der Waals surface area contributed by atoms with Gasteiger partial charge in [0, 0.05) is 25.1 Å². The van der Waals surface area contributed by atoms with Crippen LogP contribution >= 0.6 is 0 Å². The summed E-state index contributed by atoms with van der Waals surface area (Å²) in [6.07, 6.45) is 3.12. The fraction of sp³-hybridized carbons (Fsp3) is 0.929. The maximum Gasteiger partial charge on any atom is 0.144 e. The Morgan fingerprint density at radius 1 is 1.32 bits per heavy atom. The Kier molecular flexibility index (Phi) is 8.76. The second-order valence-electron chi connectivity index (χ2n) is 5.62. The van der Waals surface area contributed by atoms with Crippen LogP contribution in [0.4, 0.5) is 0 Å². The van der Waals surface area contributed by atoms with E-state index in [9.17, 15) is 0 Å². The number of rotatable bonds is 10. The molecule has 0 saturated carbocycles. The van der Waals surface area contributed by atoms with Gasteiger partial charge in [0.05, 0.1) is 6.61 Å². The average molecular weight is 273 g/mol. The molecule has 0 bridgehead atoms. The minimum Gasteiger partial charge on any atom is -0.409 e. The smallest absolute Gasteiger partial charge is 0.144 e. The summed E-state index contributed by atoms with van der Waals surface area (Å²) >= 11 is 0. The van der Waals surface area contributed by atoms with E-state index in [2.05, 4.69) is 23.9 Å². The molecule has 114 valence electrons. The molecule has 3 N–H and O–H groups in total. The van der Waals surface area contributed by atoms with Crippen LogP contribution in [0, 0.1) is 5.41 Å². The second-order valence-corrected chi connectivity index (χ2v) is 5.62. The maximum atomic E-state index is 8.81. The first-order chi connectivity index (χ1) is 8.92. The third-order valence-electron chi connectivity index (χ3n) is 3.87. The standard InChI is InChI=1S/C14H31N3O2/c1-6-12(7-2)17(10-11-19-5)9-8-14(3,4)13(15)16-18/h12,18H,6-11H2,1-5H3,(H2,15,16). The molecule has 0 fully saturated rings. The van der Waals surface area contributed by atoms with Crippen molar-refractivity contribution in [3.05, 3.63) is 0 Å². The quantitative estimate of drug-likeness (QED) is 0.277. The molecule has 0 radical (unpaired) electrons. The van der Waals surface area contributed by atoms with Gasteiger partial charge in [-0.1, -0.05) is 32.9 Å². The lowest BCUT2D eigenvalue weighted by atomic mass is 9.87. The molecule has 0 amide bonds. The van der Waals surface area contributed by atoms with Crippen molar-refractivity contribution in [3.63, 3.8) is 0 Å². The third kappa shape index (κ3) is 6.25. The van der Waals surface area contributed by atoms with Gasteiger partial charge in [0.1, 0.15) is 5.84 Å². The number of ether oxygens (including phenoxy) is 1. The molecule has 0 atom stereocenters. The Balaban J connectivity index is 4.56. The van der Waals surface area contributed by atoms with E-state index in [4.69, 9.17) is 15.7 Å². The number of nitrogens with zero attached hydrogens (tertiary/aromatic N) is 2. The summed E-state index contributed by atoms with van der Waals surface area (Å²) in [5.74, 6) is 0.295. The molecule has 0 aromatic carbocycles. The first kappa shape index (κ1) is 18.2. The number of amidine groups is 1. The summed E-state index contributed by atoms with van der Waals surface area (Å²) < 4.78 is 5.18. The van der Waals surface area contributed by atoms with Gasteiger partial charge < -0.3 is 15.7 Å². The number of hydrogen-bond acceptors (Lipinski definition) is 4. The number of oxime groups is 1. The lowest BCUT2D eigenvalue weighted by molar-refractivity contribution is 0.108. The molecule has 0 heterocycles. The Bertz CT molecular complexity index is 263. The van der Waals surface area contributed by atoms with Gasteiger partial charge in [-0.25, -0.2) is 0 Å². The van der Waals surface area contributed by atoms with E-state index >= 15 is 0 Å². The minimum absolute atomic E-state index is 0.286. The summed E-state index contributed by atoms with van der Waals surface area (Å²) in [4.78, 5) is 2.44. The van der Waals surface area contributed by atoms with Crippen LogP contribution in [-0.2, 0) is 4.74 Å². The predicted molar refractivity (Wildman–Crippen MR) is 79.6 cm³/mol. The van der Waals surface area contributed by atoms with E-state index in [0.29, 0.717) is 11.9 Å². The molecule has 0 aromatic rings. The van der Waals surface area contributed by atoms with E-state index < -0.39 is 0 Å². The molecule has 0 aliphatic carbocycles. The van der Waals surface area contributed by atoms with E-state index in [1.165, 1.54) is 0 Å². The molecule has 0 unspecified atom stereocenters. The second kappa shape index (κ2) is 9.15. The molecule has 0 aliphatic rings. The molecule has 0 spiro atoms. The van der Waals surface area contributed by atoms with Crippen molar-refractivity contribution in [1.82, 2.24) is 4.90 Å². The van der Waals surface area contributed by atoms with Crippen molar-refractivity contribution in [1.29, 1.82) is 0 Å². The topological polar surface area (TPSA) is 71.1 Å². The highest BCUT2D eigenvalue weighted by atomic mass is 16.5. The zero-order valence-corrected chi connectivity index (χ0v) is 13.1. The van der Waals surface area contributed by atoms with Crippen molar-refractivity contribution >= 4 is 5.84 Å². The molecule has 19 heavy (non-hydrogen) atoms. The molecule has 5 nitrogen and oxygen atoms in total. The van der Waals surface area contributed by atoms with E-state index in [1.807, 2.05) is 13.8 Å². The average Bonchev–Trinajstić information content (AvgIpc) is 2.41. The van der Waals surface area contributed by atoms with Crippen LogP contribution in [0.3, 0.4) is 0 Å². The van der Waals surface area contributed by atoms with Crippen LogP contribution < -0.4 is 5.73 Å². The highest BCUT2D eigenvalue weighted by Gasteiger charge is 2.25. The zero-order valence-electron chi connectivity index (χ0n) is 13.1. The summed E-state index contributed by atoms with van der Waals surface area (Å²) in [5.41, 5.74) is 5.45. The Morgan fingerprint density at radius 2 is 1.89 bits per heavy atom. The van der Waals surface area contributed by atoms with Gasteiger partial charge in [0.15, 0.2) is 0 Å². The highest BCUT2D eigenvalue weighted by molar-refractivity contribution is 5.85. The van der Waals surface area contributed by atoms with Crippen LogP contribution in [-0.4, -0.2) is 48.8 Å². The summed E-state index contributed by atoms with van der Waals surface area (Å²) in [5, 5.41) is 11.9. The molecule has 0 aromatic heterocycles. The Hall–Kier alpha value is -0.810. The molecular formula is C14H31N3O2. The van der Waals surface area contributed by atoms with Crippen LogP contribution in [0.25, 0.3) is 0 Å². The van der Waals surface area contributed by atoms with Crippen LogP contribution in [0.2, 0.25) is 0 Å². The fourth-order valence-corrected chi connectivity index (χ4v) is 2.18. The van der Waals surface area contributed by atoms with E-state index in [1.54, 1.807) is 7.11 Å². The van der Waals surface area contributed by atoms with Crippen molar-refractivity contribution in [3.8, 4) is 0 Å². The molecule has 5 heteroatoms. The number of hydrogen-bond donors (Lipinski definition) is 2. The van der Waals surface area contributed by atoms with Crippen LogP contribution in [0.1, 0.15) is 47.0 Å². The first-order valence-electron chi connectivity index (χ1n) is 7.13. The van der Waals surface area contributed by atoms with Crippen molar-refractivity contribution in [2.24, 2.45) is 16.3 Å². The highest BCUT2D eigenvalue weighted by Crippen LogP contribution is 2.22. The van der Waals surface area contributed by atoms with Crippen molar-refractivity contribution in [2.75, 3.05) is 26.8 Å². The first-order valence-corrected chi connectivity index (χ1v) is 7.13. The molecule has 0 saturated heterocycles. The van der Waals surface area contributed by atoms with Gasteiger partial charge in [-0.15, -0.1) is 0 Å². The van der Waals surface area contributed by atoms with Gasteiger partial charge in [0.2, 0.25) is 0 Å². The van der Waals surface area contributed by atoms with Crippen LogP contribution in [0.15, 0.2) is 5.16 Å². The third-order valence-corrected chi connectivity index (χ3v) is 3.87. The van der Waals surface area contributed by atoms with E-state index in [0.717, 1.165) is 39.0 Å². The molecule has 0 rings (SSSR count). The normalized spacial score (nSPS) is 13.5. The Morgan fingerprint density at radius 3 is 2.32 bits per heavy atom. The Labute approximate surface area is 117 Å². The lowest BCUT2D eigenvalue weighted by Crippen LogP contribution is -2.41. The maximum absolute atomic E-state index is 8.81. The van der Waals surface area contributed by atoms with Crippen LogP contribution in [0.5, 0.6) is 0 Å².